The van der Waals surface area contributed by atoms with Crippen LogP contribution >= 0.6 is 0 Å². The number of aromatic nitrogens is 4. The third-order valence-electron chi connectivity index (χ3n) is 8.99. The normalized spacial score (nSPS) is 27.5. The van der Waals surface area contributed by atoms with Crippen LogP contribution in [-0.4, -0.2) is 84.0 Å². The van der Waals surface area contributed by atoms with Gasteiger partial charge in [-0.2, -0.15) is 13.2 Å². The minimum atomic E-state index is -4.42. The first-order valence-electron chi connectivity index (χ1n) is 14.7. The number of nitrogens with two attached hydrogens (primary N) is 1. The Bertz CT molecular complexity index is 1510. The molecule has 2 aliphatic heterocycles. The highest BCUT2D eigenvalue weighted by Crippen LogP contribution is 2.40. The van der Waals surface area contributed by atoms with E-state index >= 15 is 0 Å². The molecule has 0 radical (unpaired) electrons. The van der Waals surface area contributed by atoms with Gasteiger partial charge < -0.3 is 20.7 Å². The summed E-state index contributed by atoms with van der Waals surface area (Å²) in [5.41, 5.74) is 11.1. The molecular formula is C30H38F3N7O3. The van der Waals surface area contributed by atoms with Crippen LogP contribution in [0.2, 0.25) is 0 Å². The first-order chi connectivity index (χ1) is 20.3. The van der Waals surface area contributed by atoms with Gasteiger partial charge in [-0.25, -0.2) is 15.0 Å². The second-order valence-electron chi connectivity index (χ2n) is 13.2. The third kappa shape index (κ3) is 6.13. The summed E-state index contributed by atoms with van der Waals surface area (Å²) >= 11 is 0. The van der Waals surface area contributed by atoms with E-state index in [4.69, 9.17) is 15.5 Å². The minimum absolute atomic E-state index is 0.0481. The summed E-state index contributed by atoms with van der Waals surface area (Å²) in [6, 6.07) is 6.19. The number of imidazole rings is 1. The molecule has 3 aliphatic rings. The van der Waals surface area contributed by atoms with Gasteiger partial charge in [-0.1, -0.05) is 32.9 Å². The fourth-order valence-corrected chi connectivity index (χ4v) is 6.43. The third-order valence-corrected chi connectivity index (χ3v) is 8.99. The quantitative estimate of drug-likeness (QED) is 0.352. The van der Waals surface area contributed by atoms with Crippen molar-refractivity contribution in [2.24, 2.45) is 10.9 Å². The first kappa shape index (κ1) is 29.9. The van der Waals surface area contributed by atoms with Gasteiger partial charge in [0, 0.05) is 24.7 Å². The molecule has 4 atom stereocenters. The van der Waals surface area contributed by atoms with Gasteiger partial charge in [0.15, 0.2) is 17.7 Å². The van der Waals surface area contributed by atoms with Gasteiger partial charge in [0.05, 0.1) is 18.6 Å². The average Bonchev–Trinajstić information content (AvgIpc) is 3.58. The van der Waals surface area contributed by atoms with Gasteiger partial charge in [-0.05, 0) is 54.2 Å². The molecule has 4 N–H and O–H groups in total. The number of anilines is 1. The van der Waals surface area contributed by atoms with Crippen molar-refractivity contribution < 1.29 is 28.1 Å². The average molecular weight is 602 g/mol. The predicted octanol–water partition coefficient (Wildman–Crippen LogP) is 4.08. The second-order valence-corrected chi connectivity index (χ2v) is 13.2. The topological polar surface area (TPSA) is 135 Å². The van der Waals surface area contributed by atoms with Gasteiger partial charge in [0.25, 0.3) is 0 Å². The van der Waals surface area contributed by atoms with Crippen molar-refractivity contribution >= 4 is 28.4 Å². The molecule has 2 fully saturated rings. The molecular weight excluding hydrogens is 563 g/mol. The number of benzene rings is 1. The lowest BCUT2D eigenvalue weighted by molar-refractivity contribution is -0.163. The van der Waals surface area contributed by atoms with Crippen LogP contribution in [0, 0.1) is 5.92 Å². The van der Waals surface area contributed by atoms with Crippen molar-refractivity contribution in [1.82, 2.24) is 24.4 Å². The lowest BCUT2D eigenvalue weighted by Crippen LogP contribution is -2.52. The molecule has 1 aromatic carbocycles. The van der Waals surface area contributed by atoms with Crippen LogP contribution in [0.15, 0.2) is 35.8 Å². The molecule has 1 aliphatic carbocycles. The molecule has 13 heteroatoms. The number of halogens is 3. The van der Waals surface area contributed by atoms with Crippen molar-refractivity contribution in [3.8, 4) is 0 Å². The smallest absolute Gasteiger partial charge is 0.387 e. The summed E-state index contributed by atoms with van der Waals surface area (Å²) < 4.78 is 48.2. The highest BCUT2D eigenvalue weighted by molar-refractivity contribution is 5.94. The van der Waals surface area contributed by atoms with Crippen molar-refractivity contribution in [1.29, 1.82) is 0 Å². The number of alkyl halides is 3. The summed E-state index contributed by atoms with van der Waals surface area (Å²) in [5, 5.41) is 21.5. The van der Waals surface area contributed by atoms with Crippen LogP contribution in [0.3, 0.4) is 0 Å². The van der Waals surface area contributed by atoms with Crippen LogP contribution in [0.5, 0.6) is 0 Å². The van der Waals surface area contributed by atoms with Crippen LogP contribution < -0.4 is 5.73 Å². The summed E-state index contributed by atoms with van der Waals surface area (Å²) in [5.74, 6) is 0.441. The number of aliphatic hydroxyl groups excluding tert-OH is 2. The Morgan fingerprint density at radius 3 is 2.58 bits per heavy atom. The summed E-state index contributed by atoms with van der Waals surface area (Å²) in [6.07, 6.45) is -2.96. The molecule has 43 heavy (non-hydrogen) atoms. The van der Waals surface area contributed by atoms with Crippen LogP contribution in [0.1, 0.15) is 63.8 Å². The second kappa shape index (κ2) is 11.1. The Kier molecular flexibility index (Phi) is 7.72. The summed E-state index contributed by atoms with van der Waals surface area (Å²) in [7, 11) is 0. The van der Waals surface area contributed by atoms with E-state index in [1.54, 1.807) is 0 Å². The SMILES string of the molecule is CC(C)(C)c1ccc2c(c1)N=C(CC[C@H]1C[C@@H](N(C[C@H]3O[C@@H](n4cnc5c(N)ncnc54)[C@H](O)[C@@H]3O)CC(F)(F)F)C1)C2. The molecule has 0 bridgehead atoms. The molecule has 10 nitrogen and oxygen atoms in total. The lowest BCUT2D eigenvalue weighted by Gasteiger charge is -2.44. The number of rotatable bonds is 8. The lowest BCUT2D eigenvalue weighted by atomic mass is 9.76. The fraction of sp³-hybridized carbons (Fsp3) is 0.600. The molecule has 0 unspecified atom stereocenters. The molecule has 0 amide bonds. The monoisotopic (exact) mass is 601 g/mol. The Morgan fingerprint density at radius 2 is 1.86 bits per heavy atom. The minimum Gasteiger partial charge on any atom is -0.387 e. The fourth-order valence-electron chi connectivity index (χ4n) is 6.43. The number of ether oxygens (including phenoxy) is 1. The van der Waals surface area contributed by atoms with E-state index in [0.717, 1.165) is 30.7 Å². The van der Waals surface area contributed by atoms with E-state index in [-0.39, 0.29) is 23.8 Å². The zero-order valence-corrected chi connectivity index (χ0v) is 24.5. The Hall–Kier alpha value is -3.13. The van der Waals surface area contributed by atoms with E-state index in [2.05, 4.69) is 53.9 Å². The molecule has 6 rings (SSSR count). The number of hydrogen-bond acceptors (Lipinski definition) is 9. The molecule has 0 spiro atoms. The maximum absolute atomic E-state index is 13.6. The Balaban J connectivity index is 1.07. The summed E-state index contributed by atoms with van der Waals surface area (Å²) in [4.78, 5) is 18.4. The number of fused-ring (bicyclic) bond motifs is 2. The first-order valence-corrected chi connectivity index (χ1v) is 14.7. The van der Waals surface area contributed by atoms with E-state index in [0.29, 0.717) is 29.9 Å². The standard InChI is InChI=1S/C30H38F3N7O3/c1-29(2,3)18-6-5-17-10-19(38-21(17)11-18)7-4-16-8-20(9-16)39(13-30(31,32)33)12-22-24(41)25(42)28(43-22)40-15-37-23-26(34)35-14-36-27(23)40/h5-6,11,14-16,20,22,24-25,28,41-42H,4,7-10,12-13H2,1-3H3,(H2,34,35,36)/t16-,20+,22-,24-,25-,28-/m1/s1. The Morgan fingerprint density at radius 1 is 1.09 bits per heavy atom. The number of nitrogens with zero attached hydrogens (tertiary/aromatic N) is 6. The van der Waals surface area contributed by atoms with Crippen molar-refractivity contribution in [2.75, 3.05) is 18.8 Å². The van der Waals surface area contributed by atoms with Crippen LogP contribution in [0.25, 0.3) is 11.2 Å². The van der Waals surface area contributed by atoms with Gasteiger partial charge in [0.2, 0.25) is 0 Å². The molecule has 2 aromatic heterocycles. The van der Waals surface area contributed by atoms with Crippen LogP contribution in [0.4, 0.5) is 24.7 Å². The van der Waals surface area contributed by atoms with E-state index in [1.807, 2.05) is 0 Å². The van der Waals surface area contributed by atoms with Gasteiger partial charge >= 0.3 is 6.18 Å². The zero-order chi connectivity index (χ0) is 30.7. The van der Waals surface area contributed by atoms with Gasteiger partial charge in [-0.3, -0.25) is 14.5 Å². The maximum atomic E-state index is 13.6. The van der Waals surface area contributed by atoms with E-state index < -0.39 is 37.3 Å². The number of aliphatic hydroxyl groups is 2. The highest BCUT2D eigenvalue weighted by Gasteiger charge is 2.48. The van der Waals surface area contributed by atoms with Gasteiger partial charge in [0.1, 0.15) is 30.2 Å². The van der Waals surface area contributed by atoms with Gasteiger partial charge in [-0.15, -0.1) is 0 Å². The van der Waals surface area contributed by atoms with E-state index in [1.165, 1.54) is 33.2 Å². The maximum Gasteiger partial charge on any atom is 0.401 e. The highest BCUT2D eigenvalue weighted by atomic mass is 19.4. The van der Waals surface area contributed by atoms with Crippen LogP contribution in [-0.2, 0) is 16.6 Å². The van der Waals surface area contributed by atoms with Crippen molar-refractivity contribution in [2.45, 2.75) is 95.0 Å². The van der Waals surface area contributed by atoms with E-state index in [9.17, 15) is 23.4 Å². The molecule has 232 valence electrons. The summed E-state index contributed by atoms with van der Waals surface area (Å²) in [6.45, 7) is 5.24. The molecule has 4 heterocycles. The Labute approximate surface area is 247 Å². The molecule has 1 saturated carbocycles. The number of hydrogen-bond donors (Lipinski definition) is 3. The molecule has 1 saturated heterocycles. The van der Waals surface area contributed by atoms with Crippen molar-refractivity contribution in [3.63, 3.8) is 0 Å². The zero-order valence-electron chi connectivity index (χ0n) is 24.5. The largest absolute Gasteiger partial charge is 0.401 e. The number of nitrogen functional groups attached to an aromatic ring is 1. The predicted molar refractivity (Wildman–Crippen MR) is 155 cm³/mol. The van der Waals surface area contributed by atoms with Crippen molar-refractivity contribution in [3.05, 3.63) is 42.0 Å². The molecule has 3 aromatic rings. The number of aliphatic imine (C=N–C) groups is 1.